The molecule has 1 heterocycles. The summed E-state index contributed by atoms with van der Waals surface area (Å²) in [5.41, 5.74) is 0. The van der Waals surface area contributed by atoms with Crippen LogP contribution in [0.5, 0.6) is 0 Å². The number of amides is 2. The summed E-state index contributed by atoms with van der Waals surface area (Å²) in [6, 6.07) is 0.0461. The molecule has 0 aliphatic carbocycles. The SMILES string of the molecule is COC(=O)N(C)CC(=O)N1C[C@@H](C)OC[C@@H]1C. The largest absolute Gasteiger partial charge is 0.453 e. The molecule has 0 N–H and O–H groups in total. The van der Waals surface area contributed by atoms with Gasteiger partial charge in [0.15, 0.2) is 0 Å². The first kappa shape index (κ1) is 13.8. The second kappa shape index (κ2) is 5.86. The number of rotatable bonds is 2. The van der Waals surface area contributed by atoms with Crippen molar-refractivity contribution in [2.45, 2.75) is 26.0 Å². The molecule has 1 aliphatic rings. The Morgan fingerprint density at radius 1 is 1.47 bits per heavy atom. The molecule has 6 heteroatoms. The monoisotopic (exact) mass is 244 g/mol. The van der Waals surface area contributed by atoms with E-state index >= 15 is 0 Å². The summed E-state index contributed by atoms with van der Waals surface area (Å²) in [5, 5.41) is 0. The lowest BCUT2D eigenvalue weighted by Gasteiger charge is -2.37. The van der Waals surface area contributed by atoms with Crippen LogP contribution < -0.4 is 0 Å². The summed E-state index contributed by atoms with van der Waals surface area (Å²) < 4.78 is 9.98. The van der Waals surface area contributed by atoms with E-state index in [9.17, 15) is 9.59 Å². The molecule has 0 bridgehead atoms. The average molecular weight is 244 g/mol. The van der Waals surface area contributed by atoms with E-state index in [1.165, 1.54) is 19.1 Å². The van der Waals surface area contributed by atoms with Gasteiger partial charge in [0.2, 0.25) is 5.91 Å². The summed E-state index contributed by atoms with van der Waals surface area (Å²) >= 11 is 0. The fraction of sp³-hybridized carbons (Fsp3) is 0.818. The van der Waals surface area contributed by atoms with Crippen molar-refractivity contribution in [3.63, 3.8) is 0 Å². The van der Waals surface area contributed by atoms with Crippen LogP contribution in [-0.2, 0) is 14.3 Å². The molecule has 1 saturated heterocycles. The zero-order valence-electron chi connectivity index (χ0n) is 10.8. The number of likely N-dealkylation sites (N-methyl/N-ethyl adjacent to an activating group) is 1. The van der Waals surface area contributed by atoms with Gasteiger partial charge in [0.25, 0.3) is 0 Å². The Hall–Kier alpha value is -1.30. The van der Waals surface area contributed by atoms with Crippen molar-refractivity contribution >= 4 is 12.0 Å². The molecule has 0 unspecified atom stereocenters. The highest BCUT2D eigenvalue weighted by molar-refractivity contribution is 5.82. The Bertz CT molecular complexity index is 295. The number of ether oxygens (including phenoxy) is 2. The van der Waals surface area contributed by atoms with Gasteiger partial charge in [-0.15, -0.1) is 0 Å². The van der Waals surface area contributed by atoms with Crippen molar-refractivity contribution in [3.05, 3.63) is 0 Å². The van der Waals surface area contributed by atoms with Crippen LogP contribution in [0.25, 0.3) is 0 Å². The van der Waals surface area contributed by atoms with Crippen molar-refractivity contribution in [1.82, 2.24) is 9.80 Å². The molecular formula is C11H20N2O4. The van der Waals surface area contributed by atoms with Crippen molar-refractivity contribution in [1.29, 1.82) is 0 Å². The summed E-state index contributed by atoms with van der Waals surface area (Å²) in [6.45, 7) is 4.99. The second-order valence-corrected chi connectivity index (χ2v) is 4.37. The van der Waals surface area contributed by atoms with E-state index in [0.717, 1.165) is 0 Å². The maximum absolute atomic E-state index is 12.0. The topological polar surface area (TPSA) is 59.1 Å². The fourth-order valence-corrected chi connectivity index (χ4v) is 1.76. The minimum Gasteiger partial charge on any atom is -0.453 e. The highest BCUT2D eigenvalue weighted by atomic mass is 16.5. The lowest BCUT2D eigenvalue weighted by molar-refractivity contribution is -0.143. The number of hydrogen-bond acceptors (Lipinski definition) is 4. The minimum atomic E-state index is -0.507. The van der Waals surface area contributed by atoms with Crippen molar-refractivity contribution in [3.8, 4) is 0 Å². The molecule has 0 aromatic heterocycles. The van der Waals surface area contributed by atoms with E-state index in [-0.39, 0.29) is 24.6 Å². The van der Waals surface area contributed by atoms with E-state index in [4.69, 9.17) is 4.74 Å². The van der Waals surface area contributed by atoms with Gasteiger partial charge in [-0.25, -0.2) is 4.79 Å². The molecular weight excluding hydrogens is 224 g/mol. The quantitative estimate of drug-likeness (QED) is 0.702. The molecule has 6 nitrogen and oxygen atoms in total. The first-order valence-corrected chi connectivity index (χ1v) is 5.65. The van der Waals surface area contributed by atoms with Crippen LogP contribution in [0.2, 0.25) is 0 Å². The molecule has 1 aliphatic heterocycles. The maximum atomic E-state index is 12.0. The third-order valence-corrected chi connectivity index (χ3v) is 2.79. The van der Waals surface area contributed by atoms with Crippen LogP contribution in [0.3, 0.4) is 0 Å². The molecule has 0 spiro atoms. The molecule has 1 fully saturated rings. The predicted molar refractivity (Wildman–Crippen MR) is 61.6 cm³/mol. The molecule has 0 saturated carbocycles. The average Bonchev–Trinajstić information content (AvgIpc) is 2.30. The van der Waals surface area contributed by atoms with Crippen molar-refractivity contribution in [2.75, 3.05) is 33.9 Å². The molecule has 98 valence electrons. The van der Waals surface area contributed by atoms with Gasteiger partial charge >= 0.3 is 6.09 Å². The van der Waals surface area contributed by atoms with Gasteiger partial charge in [0.05, 0.1) is 25.9 Å². The fourth-order valence-electron chi connectivity index (χ4n) is 1.76. The standard InChI is InChI=1S/C11H20N2O4/c1-8-7-17-9(2)5-13(8)10(14)6-12(3)11(15)16-4/h8-9H,5-7H2,1-4H3/t8-,9+/m0/s1. The maximum Gasteiger partial charge on any atom is 0.409 e. The third-order valence-electron chi connectivity index (χ3n) is 2.79. The molecule has 0 radical (unpaired) electrons. The van der Waals surface area contributed by atoms with Gasteiger partial charge in [-0.3, -0.25) is 4.79 Å². The predicted octanol–water partition coefficient (Wildman–Crippen LogP) is 0.320. The lowest BCUT2D eigenvalue weighted by atomic mass is 10.2. The van der Waals surface area contributed by atoms with E-state index in [1.807, 2.05) is 13.8 Å². The van der Waals surface area contributed by atoms with Crippen LogP contribution in [0.4, 0.5) is 4.79 Å². The van der Waals surface area contributed by atoms with Crippen LogP contribution >= 0.6 is 0 Å². The second-order valence-electron chi connectivity index (χ2n) is 4.37. The third kappa shape index (κ3) is 3.59. The number of hydrogen-bond donors (Lipinski definition) is 0. The Kier molecular flexibility index (Phi) is 4.74. The van der Waals surface area contributed by atoms with E-state index in [2.05, 4.69) is 4.74 Å². The lowest BCUT2D eigenvalue weighted by Crippen LogP contribution is -2.53. The first-order valence-electron chi connectivity index (χ1n) is 5.65. The summed E-state index contributed by atoms with van der Waals surface area (Å²) in [5.74, 6) is -0.0828. The van der Waals surface area contributed by atoms with Gasteiger partial charge in [-0.1, -0.05) is 0 Å². The molecule has 0 aromatic carbocycles. The van der Waals surface area contributed by atoms with E-state index in [0.29, 0.717) is 13.2 Å². The summed E-state index contributed by atoms with van der Waals surface area (Å²) in [6.07, 6.45) is -0.467. The molecule has 2 atom stereocenters. The van der Waals surface area contributed by atoms with Gasteiger partial charge in [-0.2, -0.15) is 0 Å². The highest BCUT2D eigenvalue weighted by Crippen LogP contribution is 2.11. The van der Waals surface area contributed by atoms with Crippen LogP contribution in [-0.4, -0.2) is 67.8 Å². The molecule has 2 amide bonds. The van der Waals surface area contributed by atoms with Gasteiger partial charge in [0.1, 0.15) is 6.54 Å². The van der Waals surface area contributed by atoms with Crippen molar-refractivity contribution < 1.29 is 19.1 Å². The Labute approximate surface area is 101 Å². The normalized spacial score (nSPS) is 24.4. The molecule has 0 aromatic rings. The number of methoxy groups -OCH3 is 1. The number of carbonyl (C=O) groups is 2. The van der Waals surface area contributed by atoms with E-state index < -0.39 is 6.09 Å². The summed E-state index contributed by atoms with van der Waals surface area (Å²) in [4.78, 5) is 26.2. The number of nitrogens with zero attached hydrogens (tertiary/aromatic N) is 2. The molecule has 1 rings (SSSR count). The van der Waals surface area contributed by atoms with Crippen molar-refractivity contribution in [2.24, 2.45) is 0 Å². The Morgan fingerprint density at radius 2 is 2.12 bits per heavy atom. The van der Waals surface area contributed by atoms with Gasteiger partial charge in [-0.05, 0) is 13.8 Å². The zero-order valence-corrected chi connectivity index (χ0v) is 10.8. The number of morpholine rings is 1. The highest BCUT2D eigenvalue weighted by Gasteiger charge is 2.28. The molecule has 17 heavy (non-hydrogen) atoms. The Balaban J connectivity index is 2.54. The van der Waals surface area contributed by atoms with Gasteiger partial charge < -0.3 is 19.3 Å². The first-order chi connectivity index (χ1) is 7.95. The summed E-state index contributed by atoms with van der Waals surface area (Å²) in [7, 11) is 2.83. The number of carbonyl (C=O) groups excluding carboxylic acids is 2. The van der Waals surface area contributed by atoms with Crippen LogP contribution in [0.15, 0.2) is 0 Å². The van der Waals surface area contributed by atoms with Crippen LogP contribution in [0, 0.1) is 0 Å². The smallest absolute Gasteiger partial charge is 0.409 e. The zero-order chi connectivity index (χ0) is 13.0. The van der Waals surface area contributed by atoms with E-state index in [1.54, 1.807) is 4.90 Å². The van der Waals surface area contributed by atoms with Crippen LogP contribution in [0.1, 0.15) is 13.8 Å². The van der Waals surface area contributed by atoms with Gasteiger partial charge in [0, 0.05) is 13.6 Å². The minimum absolute atomic E-state index is 0.0315. The Morgan fingerprint density at radius 3 is 2.71 bits per heavy atom.